The van der Waals surface area contributed by atoms with Crippen LogP contribution in [0.4, 0.5) is 5.69 Å². The van der Waals surface area contributed by atoms with Gasteiger partial charge in [0.25, 0.3) is 0 Å². The summed E-state index contributed by atoms with van der Waals surface area (Å²) in [6.45, 7) is 2.05. The van der Waals surface area contributed by atoms with Crippen molar-refractivity contribution in [2.75, 3.05) is 13.1 Å². The quantitative estimate of drug-likeness (QED) is 0.830. The van der Waals surface area contributed by atoms with Crippen LogP contribution in [0.15, 0.2) is 34.6 Å². The highest BCUT2D eigenvalue weighted by molar-refractivity contribution is 5.51. The van der Waals surface area contributed by atoms with Gasteiger partial charge in [0.05, 0.1) is 5.69 Å². The predicted octanol–water partition coefficient (Wildman–Crippen LogP) is 3.12. The maximum Gasteiger partial charge on any atom is 0.0924 e. The number of piperidine rings is 1. The second kappa shape index (κ2) is 4.69. The first kappa shape index (κ1) is 11.7. The third-order valence-electron chi connectivity index (χ3n) is 3.84. The van der Waals surface area contributed by atoms with Crippen molar-refractivity contribution >= 4 is 5.69 Å². The number of nitrogens with zero attached hydrogens (tertiary/aromatic N) is 3. The van der Waals surface area contributed by atoms with E-state index in [0.717, 1.165) is 37.2 Å². The van der Waals surface area contributed by atoms with Crippen molar-refractivity contribution in [3.05, 3.63) is 29.8 Å². The topological polar surface area (TPSA) is 54.0 Å². The molecule has 0 bridgehead atoms. The molecule has 2 fully saturated rings. The molecule has 0 amide bonds. The average Bonchev–Trinajstić information content (AvgIpc) is 3.17. The van der Waals surface area contributed by atoms with Crippen LogP contribution in [0.25, 0.3) is 0 Å². The van der Waals surface area contributed by atoms with E-state index in [1.54, 1.807) is 0 Å². The van der Waals surface area contributed by atoms with Crippen molar-refractivity contribution in [2.45, 2.75) is 37.6 Å². The van der Waals surface area contributed by atoms with E-state index in [-0.39, 0.29) is 5.54 Å². The van der Waals surface area contributed by atoms with Crippen molar-refractivity contribution in [3.8, 4) is 0 Å². The molecule has 0 atom stereocenters. The third kappa shape index (κ3) is 2.38. The Labute approximate surface area is 108 Å². The van der Waals surface area contributed by atoms with Gasteiger partial charge in [-0.1, -0.05) is 23.4 Å². The molecule has 1 aliphatic heterocycles. The lowest BCUT2D eigenvalue weighted by atomic mass is 10.0. The van der Waals surface area contributed by atoms with Gasteiger partial charge in [0, 0.05) is 18.6 Å². The molecule has 1 saturated heterocycles. The molecule has 4 heteroatoms. The normalized spacial score (nSPS) is 22.4. The second-order valence-corrected chi connectivity index (χ2v) is 5.38. The molecule has 0 radical (unpaired) electrons. The Kier molecular flexibility index (Phi) is 3.04. The van der Waals surface area contributed by atoms with Crippen molar-refractivity contribution < 1.29 is 0 Å². The van der Waals surface area contributed by atoms with Crippen molar-refractivity contribution in [2.24, 2.45) is 16.1 Å². The van der Waals surface area contributed by atoms with Gasteiger partial charge in [-0.2, -0.15) is 0 Å². The number of hydrogen-bond acceptors (Lipinski definition) is 3. The van der Waals surface area contributed by atoms with Crippen LogP contribution in [0.2, 0.25) is 0 Å². The van der Waals surface area contributed by atoms with Gasteiger partial charge in [0.1, 0.15) is 0 Å². The Morgan fingerprint density at radius 2 is 1.78 bits per heavy atom. The van der Waals surface area contributed by atoms with E-state index in [0.29, 0.717) is 0 Å². The minimum Gasteiger partial charge on any atom is -0.321 e. The van der Waals surface area contributed by atoms with Crippen LogP contribution in [-0.2, 0) is 5.54 Å². The summed E-state index contributed by atoms with van der Waals surface area (Å²) in [5.41, 5.74) is 8.20. The standard InChI is InChI=1S/C14H20N4/c15-14(8-9-14)12-6-2-3-7-13(12)16-17-18-10-4-1-5-11-18/h2-3,6-7H,1,4-5,8-11,15H2. The van der Waals surface area contributed by atoms with Gasteiger partial charge in [0.2, 0.25) is 0 Å². The highest BCUT2D eigenvalue weighted by atomic mass is 15.5. The van der Waals surface area contributed by atoms with Crippen molar-refractivity contribution in [1.29, 1.82) is 0 Å². The molecule has 1 saturated carbocycles. The van der Waals surface area contributed by atoms with Gasteiger partial charge in [-0.25, -0.2) is 0 Å². The zero-order chi connectivity index (χ0) is 12.4. The smallest absolute Gasteiger partial charge is 0.0924 e. The molecule has 0 unspecified atom stereocenters. The molecule has 1 aliphatic carbocycles. The van der Waals surface area contributed by atoms with Crippen LogP contribution >= 0.6 is 0 Å². The molecule has 2 N–H and O–H groups in total. The first-order valence-corrected chi connectivity index (χ1v) is 6.83. The Balaban J connectivity index is 1.77. The Bertz CT molecular complexity index is 445. The van der Waals surface area contributed by atoms with E-state index in [1.807, 2.05) is 18.2 Å². The molecule has 1 aromatic carbocycles. The second-order valence-electron chi connectivity index (χ2n) is 5.38. The molecular weight excluding hydrogens is 224 g/mol. The summed E-state index contributed by atoms with van der Waals surface area (Å²) in [5.74, 6) is 0. The predicted molar refractivity (Wildman–Crippen MR) is 71.5 cm³/mol. The summed E-state index contributed by atoms with van der Waals surface area (Å²) in [5, 5.41) is 10.8. The summed E-state index contributed by atoms with van der Waals surface area (Å²) in [6.07, 6.45) is 5.88. The van der Waals surface area contributed by atoms with E-state index in [1.165, 1.54) is 19.3 Å². The molecule has 1 heterocycles. The zero-order valence-electron chi connectivity index (χ0n) is 10.7. The monoisotopic (exact) mass is 244 g/mol. The molecule has 0 aromatic heterocycles. The lowest BCUT2D eigenvalue weighted by Crippen LogP contribution is -2.23. The molecule has 0 spiro atoms. The number of hydrogen-bond donors (Lipinski definition) is 1. The summed E-state index contributed by atoms with van der Waals surface area (Å²) in [6, 6.07) is 8.12. The fourth-order valence-corrected chi connectivity index (χ4v) is 2.46. The van der Waals surface area contributed by atoms with Crippen LogP contribution in [0.1, 0.15) is 37.7 Å². The molecule has 18 heavy (non-hydrogen) atoms. The SMILES string of the molecule is NC1(c2ccccc2N=NN2CCCCC2)CC1. The minimum absolute atomic E-state index is 0.141. The summed E-state index contributed by atoms with van der Waals surface area (Å²) in [4.78, 5) is 0. The van der Waals surface area contributed by atoms with Crippen molar-refractivity contribution in [3.63, 3.8) is 0 Å². The van der Waals surface area contributed by atoms with E-state index < -0.39 is 0 Å². The van der Waals surface area contributed by atoms with Gasteiger partial charge in [0.15, 0.2) is 0 Å². The van der Waals surface area contributed by atoms with Crippen LogP contribution in [0.5, 0.6) is 0 Å². The zero-order valence-corrected chi connectivity index (χ0v) is 10.7. The number of rotatable bonds is 3. The lowest BCUT2D eigenvalue weighted by molar-refractivity contribution is 0.224. The van der Waals surface area contributed by atoms with E-state index in [4.69, 9.17) is 5.73 Å². The van der Waals surface area contributed by atoms with Gasteiger partial charge < -0.3 is 5.73 Å². The van der Waals surface area contributed by atoms with E-state index in [9.17, 15) is 0 Å². The maximum atomic E-state index is 6.26. The highest BCUT2D eigenvalue weighted by Gasteiger charge is 2.41. The Morgan fingerprint density at radius 3 is 2.50 bits per heavy atom. The molecule has 96 valence electrons. The van der Waals surface area contributed by atoms with Gasteiger partial charge in [-0.3, -0.25) is 5.01 Å². The molecule has 3 rings (SSSR count). The van der Waals surface area contributed by atoms with Crippen LogP contribution in [0, 0.1) is 0 Å². The Hall–Kier alpha value is -1.42. The summed E-state index contributed by atoms with van der Waals surface area (Å²) >= 11 is 0. The van der Waals surface area contributed by atoms with E-state index >= 15 is 0 Å². The molecule has 4 nitrogen and oxygen atoms in total. The number of nitrogens with two attached hydrogens (primary N) is 1. The first-order valence-electron chi connectivity index (χ1n) is 6.83. The summed E-state index contributed by atoms with van der Waals surface area (Å²) < 4.78 is 0. The van der Waals surface area contributed by atoms with Gasteiger partial charge in [-0.15, -0.1) is 5.11 Å². The highest BCUT2D eigenvalue weighted by Crippen LogP contribution is 2.46. The lowest BCUT2D eigenvalue weighted by Gasteiger charge is -2.22. The minimum atomic E-state index is -0.141. The fraction of sp³-hybridized carbons (Fsp3) is 0.571. The third-order valence-corrected chi connectivity index (χ3v) is 3.84. The van der Waals surface area contributed by atoms with E-state index in [2.05, 4.69) is 21.4 Å². The Morgan fingerprint density at radius 1 is 1.06 bits per heavy atom. The number of benzene rings is 1. The molecular formula is C14H20N4. The molecule has 2 aliphatic rings. The van der Waals surface area contributed by atoms with Crippen LogP contribution in [0.3, 0.4) is 0 Å². The van der Waals surface area contributed by atoms with Gasteiger partial charge >= 0.3 is 0 Å². The van der Waals surface area contributed by atoms with Gasteiger partial charge in [-0.05, 0) is 43.7 Å². The first-order chi connectivity index (χ1) is 8.78. The average molecular weight is 244 g/mol. The molecule has 1 aromatic rings. The summed E-state index contributed by atoms with van der Waals surface area (Å²) in [7, 11) is 0. The maximum absolute atomic E-state index is 6.26. The largest absolute Gasteiger partial charge is 0.321 e. The van der Waals surface area contributed by atoms with Crippen molar-refractivity contribution in [1.82, 2.24) is 5.01 Å². The van der Waals surface area contributed by atoms with Crippen LogP contribution in [-0.4, -0.2) is 18.1 Å². The fourth-order valence-electron chi connectivity index (χ4n) is 2.46. The van der Waals surface area contributed by atoms with Crippen LogP contribution < -0.4 is 5.73 Å².